The van der Waals surface area contributed by atoms with Gasteiger partial charge in [0.25, 0.3) is 5.91 Å². The molecule has 1 fully saturated rings. The fraction of sp³-hybridized carbons (Fsp3) is 0.312. The van der Waals surface area contributed by atoms with Gasteiger partial charge in [0.05, 0.1) is 12.4 Å². The predicted molar refractivity (Wildman–Crippen MR) is 76.2 cm³/mol. The van der Waals surface area contributed by atoms with E-state index in [-0.39, 0.29) is 12.0 Å². The minimum Gasteiger partial charge on any atom is -0.464 e. The van der Waals surface area contributed by atoms with Crippen LogP contribution in [0.3, 0.4) is 0 Å². The van der Waals surface area contributed by atoms with Crippen molar-refractivity contribution < 1.29 is 14.3 Å². The molecule has 0 saturated carbocycles. The average molecular weight is 271 g/mol. The van der Waals surface area contributed by atoms with Crippen molar-refractivity contribution in [2.24, 2.45) is 0 Å². The molecule has 1 saturated heterocycles. The van der Waals surface area contributed by atoms with Crippen LogP contribution in [0.1, 0.15) is 18.4 Å². The maximum absolute atomic E-state index is 12.2. The molecular formula is C16H17NO3. The zero-order chi connectivity index (χ0) is 13.8. The molecule has 2 aliphatic rings. The van der Waals surface area contributed by atoms with Crippen LogP contribution in [0.15, 0.2) is 42.2 Å². The Labute approximate surface area is 118 Å². The van der Waals surface area contributed by atoms with Crippen molar-refractivity contribution in [1.82, 2.24) is 5.32 Å². The lowest BCUT2D eigenvalue weighted by Crippen LogP contribution is -2.32. The molecule has 4 heteroatoms. The first kappa shape index (κ1) is 12.9. The van der Waals surface area contributed by atoms with Crippen molar-refractivity contribution in [3.8, 4) is 5.75 Å². The van der Waals surface area contributed by atoms with Crippen molar-refractivity contribution in [3.05, 3.63) is 47.7 Å². The lowest BCUT2D eigenvalue weighted by atomic mass is 10.1. The molecule has 20 heavy (non-hydrogen) atoms. The number of carbonyl (C=O) groups excluding carboxylic acids is 1. The summed E-state index contributed by atoms with van der Waals surface area (Å²) in [5, 5.41) is 2.91. The largest absolute Gasteiger partial charge is 0.464 e. The third-order valence-electron chi connectivity index (χ3n) is 3.45. The molecule has 0 unspecified atom stereocenters. The van der Waals surface area contributed by atoms with E-state index < -0.39 is 0 Å². The Balaban J connectivity index is 1.69. The van der Waals surface area contributed by atoms with E-state index in [1.165, 1.54) is 0 Å². The maximum atomic E-state index is 12.2. The van der Waals surface area contributed by atoms with E-state index in [9.17, 15) is 4.79 Å². The second-order valence-electron chi connectivity index (χ2n) is 4.90. The van der Waals surface area contributed by atoms with Crippen molar-refractivity contribution in [3.63, 3.8) is 0 Å². The van der Waals surface area contributed by atoms with Gasteiger partial charge in [-0.15, -0.1) is 0 Å². The summed E-state index contributed by atoms with van der Waals surface area (Å²) in [5.74, 6) is 0.655. The highest BCUT2D eigenvalue weighted by atomic mass is 16.5. The van der Waals surface area contributed by atoms with Crippen molar-refractivity contribution in [2.75, 3.05) is 13.2 Å². The predicted octanol–water partition coefficient (Wildman–Crippen LogP) is 2.27. The molecule has 1 atom stereocenters. The molecule has 2 aliphatic heterocycles. The van der Waals surface area contributed by atoms with Crippen molar-refractivity contribution in [1.29, 1.82) is 0 Å². The summed E-state index contributed by atoms with van der Waals surface area (Å²) in [7, 11) is 0. The fourth-order valence-electron chi connectivity index (χ4n) is 2.36. The molecule has 0 radical (unpaired) electrons. The molecule has 1 N–H and O–H groups in total. The number of carbonyl (C=O) groups is 1. The Morgan fingerprint density at radius 3 is 3.10 bits per heavy atom. The van der Waals surface area contributed by atoms with Gasteiger partial charge in [-0.05, 0) is 31.1 Å². The van der Waals surface area contributed by atoms with Crippen LogP contribution in [0, 0.1) is 0 Å². The molecular weight excluding hydrogens is 254 g/mol. The minimum atomic E-state index is -0.1000. The maximum Gasteiger partial charge on any atom is 0.251 e. The summed E-state index contributed by atoms with van der Waals surface area (Å²) >= 11 is 0. The summed E-state index contributed by atoms with van der Waals surface area (Å²) in [6.45, 7) is 1.36. The van der Waals surface area contributed by atoms with Gasteiger partial charge >= 0.3 is 0 Å². The minimum absolute atomic E-state index is 0.1000. The highest BCUT2D eigenvalue weighted by Crippen LogP contribution is 2.24. The molecule has 1 aromatic rings. The number of nitrogens with one attached hydrogen (secondary N) is 1. The van der Waals surface area contributed by atoms with Crippen LogP contribution >= 0.6 is 0 Å². The summed E-state index contributed by atoms with van der Waals surface area (Å²) < 4.78 is 11.0. The normalized spacial score (nSPS) is 20.6. The topological polar surface area (TPSA) is 47.6 Å². The summed E-state index contributed by atoms with van der Waals surface area (Å²) in [6, 6.07) is 7.63. The summed E-state index contributed by atoms with van der Waals surface area (Å²) in [6.07, 6.45) is 7.31. The number of hydrogen-bond acceptors (Lipinski definition) is 3. The number of ether oxygens (including phenoxy) is 2. The van der Waals surface area contributed by atoms with Crippen LogP contribution in [0.5, 0.6) is 5.75 Å². The molecule has 104 valence electrons. The summed E-state index contributed by atoms with van der Waals surface area (Å²) in [5.41, 5.74) is 1.49. The van der Waals surface area contributed by atoms with E-state index in [4.69, 9.17) is 9.47 Å². The first-order valence-electron chi connectivity index (χ1n) is 6.87. The Morgan fingerprint density at radius 1 is 1.35 bits per heavy atom. The molecule has 0 aromatic heterocycles. The number of amides is 1. The van der Waals surface area contributed by atoms with Gasteiger partial charge in [-0.2, -0.15) is 0 Å². The van der Waals surface area contributed by atoms with E-state index in [0.717, 1.165) is 30.8 Å². The first-order valence-corrected chi connectivity index (χ1v) is 6.87. The van der Waals surface area contributed by atoms with E-state index >= 15 is 0 Å². The van der Waals surface area contributed by atoms with Crippen LogP contribution in [-0.4, -0.2) is 25.2 Å². The molecule has 0 bridgehead atoms. The Bertz CT molecular complexity index is 557. The Kier molecular flexibility index (Phi) is 3.83. The number of fused-ring (bicyclic) bond motifs is 1. The quantitative estimate of drug-likeness (QED) is 0.917. The van der Waals surface area contributed by atoms with Gasteiger partial charge in [0, 0.05) is 24.3 Å². The van der Waals surface area contributed by atoms with Gasteiger partial charge in [0.15, 0.2) is 0 Å². The van der Waals surface area contributed by atoms with Crippen LogP contribution in [-0.2, 0) is 9.53 Å². The Hall–Kier alpha value is -2.07. The molecule has 2 heterocycles. The van der Waals surface area contributed by atoms with E-state index in [1.807, 2.05) is 30.3 Å². The second-order valence-corrected chi connectivity index (χ2v) is 4.90. The van der Waals surface area contributed by atoms with Crippen molar-refractivity contribution >= 4 is 12.0 Å². The van der Waals surface area contributed by atoms with Crippen LogP contribution < -0.4 is 10.1 Å². The average Bonchev–Trinajstić information content (AvgIpc) is 2.89. The van der Waals surface area contributed by atoms with Crippen LogP contribution in [0.4, 0.5) is 0 Å². The van der Waals surface area contributed by atoms with Gasteiger partial charge in [0.2, 0.25) is 0 Å². The highest BCUT2D eigenvalue weighted by molar-refractivity contribution is 6.01. The third-order valence-corrected chi connectivity index (χ3v) is 3.45. The van der Waals surface area contributed by atoms with Gasteiger partial charge in [-0.1, -0.05) is 18.2 Å². The van der Waals surface area contributed by atoms with Gasteiger partial charge in [-0.3, -0.25) is 4.79 Å². The number of para-hydroxylation sites is 1. The lowest BCUT2D eigenvalue weighted by Gasteiger charge is -2.10. The molecule has 3 rings (SSSR count). The zero-order valence-electron chi connectivity index (χ0n) is 11.2. The second kappa shape index (κ2) is 5.92. The molecule has 4 nitrogen and oxygen atoms in total. The molecule has 1 aromatic carbocycles. The molecule has 0 aliphatic carbocycles. The monoisotopic (exact) mass is 271 g/mol. The molecule has 1 amide bonds. The fourth-order valence-corrected chi connectivity index (χ4v) is 2.36. The van der Waals surface area contributed by atoms with Gasteiger partial charge < -0.3 is 14.8 Å². The van der Waals surface area contributed by atoms with Crippen LogP contribution in [0.2, 0.25) is 0 Å². The van der Waals surface area contributed by atoms with Crippen molar-refractivity contribution in [2.45, 2.75) is 18.9 Å². The van der Waals surface area contributed by atoms with E-state index in [2.05, 4.69) is 5.32 Å². The Morgan fingerprint density at radius 2 is 2.25 bits per heavy atom. The van der Waals surface area contributed by atoms with Gasteiger partial charge in [-0.25, -0.2) is 0 Å². The SMILES string of the molecule is O=C(NC[C@@H]1CCCO1)C1=Cc2ccccc2OC=C1. The molecule has 0 spiro atoms. The smallest absolute Gasteiger partial charge is 0.251 e. The van der Waals surface area contributed by atoms with E-state index in [0.29, 0.717) is 12.1 Å². The number of hydrogen-bond donors (Lipinski definition) is 1. The van der Waals surface area contributed by atoms with Gasteiger partial charge in [0.1, 0.15) is 5.75 Å². The zero-order valence-corrected chi connectivity index (χ0v) is 11.2. The first-order chi connectivity index (χ1) is 9.83. The summed E-state index contributed by atoms with van der Waals surface area (Å²) in [4.78, 5) is 12.2. The lowest BCUT2D eigenvalue weighted by molar-refractivity contribution is -0.117. The number of rotatable bonds is 3. The standard InChI is InChI=1S/C16H17NO3/c18-16(17-11-14-5-3-8-19-14)13-7-9-20-15-6-2-1-4-12(15)10-13/h1-2,4,6-7,9-10,14H,3,5,8,11H2,(H,17,18)/t14-/m0/s1. The van der Waals surface area contributed by atoms with E-state index in [1.54, 1.807) is 12.3 Å². The number of benzene rings is 1. The highest BCUT2D eigenvalue weighted by Gasteiger charge is 2.17. The third kappa shape index (κ3) is 2.91. The van der Waals surface area contributed by atoms with Crippen LogP contribution in [0.25, 0.3) is 6.08 Å².